The first-order valence-electron chi connectivity index (χ1n) is 12.2. The third-order valence-corrected chi connectivity index (χ3v) is 5.81. The molecule has 0 saturated carbocycles. The zero-order valence-electron chi connectivity index (χ0n) is 22.7. The quantitative estimate of drug-likeness (QED) is 0.473. The van der Waals surface area contributed by atoms with Gasteiger partial charge in [-0.2, -0.15) is 0 Å². The number of aryl methyl sites for hydroxylation is 3. The molecule has 0 heterocycles. The molecule has 2 atom stereocenters. The van der Waals surface area contributed by atoms with Crippen molar-refractivity contribution in [2.24, 2.45) is 5.73 Å². The minimum Gasteiger partial charge on any atom is -0.444 e. The Labute approximate surface area is 218 Å². The second kappa shape index (κ2) is 12.4. The number of hydrogen-bond acceptors (Lipinski definition) is 5. The van der Waals surface area contributed by atoms with E-state index in [0.29, 0.717) is 11.3 Å². The minimum absolute atomic E-state index is 0.437. The highest BCUT2D eigenvalue weighted by atomic mass is 16.6. The molecule has 0 aliphatic rings. The zero-order chi connectivity index (χ0) is 27.9. The Kier molecular flexibility index (Phi) is 9.82. The Hall–Kier alpha value is -3.88. The van der Waals surface area contributed by atoms with Crippen LogP contribution >= 0.6 is 0 Å². The van der Waals surface area contributed by atoms with Crippen LogP contribution in [0.15, 0.2) is 42.5 Å². The first kappa shape index (κ1) is 29.4. The average molecular weight is 511 g/mol. The van der Waals surface area contributed by atoms with Crippen LogP contribution in [0.25, 0.3) is 0 Å². The van der Waals surface area contributed by atoms with Crippen molar-refractivity contribution in [3.05, 3.63) is 64.7 Å². The lowest BCUT2D eigenvalue weighted by molar-refractivity contribution is -0.140. The van der Waals surface area contributed by atoms with E-state index in [9.17, 15) is 19.2 Å². The Morgan fingerprint density at radius 3 is 2.05 bits per heavy atom. The largest absolute Gasteiger partial charge is 0.444 e. The molecule has 0 radical (unpaired) electrons. The number of carbonyl (C=O) groups is 4. The van der Waals surface area contributed by atoms with Crippen LogP contribution in [-0.4, -0.2) is 47.4 Å². The van der Waals surface area contributed by atoms with Crippen molar-refractivity contribution in [1.82, 2.24) is 10.2 Å². The van der Waals surface area contributed by atoms with E-state index >= 15 is 0 Å². The molecule has 0 fully saturated rings. The minimum atomic E-state index is -1.32. The normalized spacial score (nSPS) is 12.7. The number of anilines is 1. The molecule has 2 aromatic carbocycles. The van der Waals surface area contributed by atoms with E-state index in [-0.39, 0.29) is 0 Å². The molecular formula is C28H38N4O5. The summed E-state index contributed by atoms with van der Waals surface area (Å²) in [6.07, 6.45) is -0.513. The summed E-state index contributed by atoms with van der Waals surface area (Å²) in [6, 6.07) is 10.7. The standard InChI is InChI=1S/C28H38N4O5/c1-8-19-12-14-20(15-13-19)24(25(34)31-23-17(2)10-9-11-18(23)3)32(7)26(35)21(16-22(29)33)30-27(36)37-28(4,5)6/h9-15,21,24H,8,16H2,1-7H3,(H2,29,33)(H,30,36)(H,31,34). The van der Waals surface area contributed by atoms with E-state index in [1.807, 2.05) is 51.1 Å². The van der Waals surface area contributed by atoms with E-state index in [2.05, 4.69) is 10.6 Å². The van der Waals surface area contributed by atoms with Gasteiger partial charge < -0.3 is 26.0 Å². The summed E-state index contributed by atoms with van der Waals surface area (Å²) in [5.41, 5.74) is 8.61. The summed E-state index contributed by atoms with van der Waals surface area (Å²) >= 11 is 0. The van der Waals surface area contributed by atoms with Gasteiger partial charge in [0.1, 0.15) is 17.7 Å². The number of alkyl carbamates (subject to hydrolysis) is 1. The Morgan fingerprint density at radius 1 is 1.00 bits per heavy atom. The first-order valence-corrected chi connectivity index (χ1v) is 12.2. The molecule has 37 heavy (non-hydrogen) atoms. The van der Waals surface area contributed by atoms with Crippen LogP contribution < -0.4 is 16.4 Å². The molecule has 2 aromatic rings. The topological polar surface area (TPSA) is 131 Å². The molecule has 2 unspecified atom stereocenters. The van der Waals surface area contributed by atoms with Gasteiger partial charge in [-0.1, -0.05) is 49.4 Å². The van der Waals surface area contributed by atoms with Crippen molar-refractivity contribution in [3.8, 4) is 0 Å². The lowest BCUT2D eigenvalue weighted by atomic mass is 10.00. The first-order chi connectivity index (χ1) is 17.2. The fraction of sp³-hybridized carbons (Fsp3) is 0.429. The third-order valence-electron chi connectivity index (χ3n) is 5.81. The number of nitrogens with one attached hydrogen (secondary N) is 2. The fourth-order valence-corrected chi connectivity index (χ4v) is 3.91. The maximum absolute atomic E-state index is 13.7. The van der Waals surface area contributed by atoms with Gasteiger partial charge in [0.15, 0.2) is 0 Å². The molecule has 2 rings (SSSR count). The molecule has 9 heteroatoms. The van der Waals surface area contributed by atoms with E-state index in [1.165, 1.54) is 11.9 Å². The number of para-hydroxylation sites is 1. The van der Waals surface area contributed by atoms with Crippen molar-refractivity contribution in [2.45, 2.75) is 72.1 Å². The van der Waals surface area contributed by atoms with Crippen LogP contribution in [0.2, 0.25) is 0 Å². The van der Waals surface area contributed by atoms with Gasteiger partial charge >= 0.3 is 6.09 Å². The highest BCUT2D eigenvalue weighted by Gasteiger charge is 2.35. The molecule has 0 aliphatic heterocycles. The van der Waals surface area contributed by atoms with Crippen molar-refractivity contribution in [3.63, 3.8) is 0 Å². The van der Waals surface area contributed by atoms with E-state index in [1.54, 1.807) is 32.9 Å². The van der Waals surface area contributed by atoms with Crippen LogP contribution in [0.5, 0.6) is 0 Å². The second-order valence-electron chi connectivity index (χ2n) is 10.1. The number of primary amides is 1. The Bertz CT molecular complexity index is 1120. The molecular weight excluding hydrogens is 472 g/mol. The predicted molar refractivity (Wildman–Crippen MR) is 143 cm³/mol. The van der Waals surface area contributed by atoms with Crippen LogP contribution in [0.4, 0.5) is 10.5 Å². The van der Waals surface area contributed by atoms with Gasteiger partial charge in [0.05, 0.1) is 6.42 Å². The van der Waals surface area contributed by atoms with Gasteiger partial charge in [0.2, 0.25) is 11.8 Å². The lowest BCUT2D eigenvalue weighted by Crippen LogP contribution is -2.52. The summed E-state index contributed by atoms with van der Waals surface area (Å²) in [4.78, 5) is 52.6. The summed E-state index contributed by atoms with van der Waals surface area (Å²) in [6.45, 7) is 10.8. The maximum Gasteiger partial charge on any atom is 0.408 e. The number of rotatable bonds is 9. The summed E-state index contributed by atoms with van der Waals surface area (Å²) < 4.78 is 5.25. The fourth-order valence-electron chi connectivity index (χ4n) is 3.91. The van der Waals surface area contributed by atoms with Crippen LogP contribution in [0, 0.1) is 13.8 Å². The van der Waals surface area contributed by atoms with Crippen molar-refractivity contribution < 1.29 is 23.9 Å². The van der Waals surface area contributed by atoms with Crippen LogP contribution in [0.3, 0.4) is 0 Å². The van der Waals surface area contributed by atoms with Crippen molar-refractivity contribution in [1.29, 1.82) is 0 Å². The molecule has 0 aliphatic carbocycles. The van der Waals surface area contributed by atoms with Crippen LogP contribution in [-0.2, 0) is 25.5 Å². The highest BCUT2D eigenvalue weighted by Crippen LogP contribution is 2.26. The molecule has 4 N–H and O–H groups in total. The molecule has 0 spiro atoms. The van der Waals surface area contributed by atoms with E-state index in [0.717, 1.165) is 23.1 Å². The highest BCUT2D eigenvalue weighted by molar-refractivity contribution is 6.00. The van der Waals surface area contributed by atoms with E-state index < -0.39 is 47.9 Å². The number of amides is 4. The van der Waals surface area contributed by atoms with E-state index in [4.69, 9.17) is 10.5 Å². The Morgan fingerprint density at radius 2 is 1.57 bits per heavy atom. The van der Waals surface area contributed by atoms with Gasteiger partial charge in [0, 0.05) is 12.7 Å². The molecule has 200 valence electrons. The maximum atomic E-state index is 13.7. The number of benzene rings is 2. The number of likely N-dealkylation sites (N-methyl/N-ethyl adjacent to an activating group) is 1. The SMILES string of the molecule is CCc1ccc(C(C(=O)Nc2c(C)cccc2C)N(C)C(=O)C(CC(N)=O)NC(=O)OC(C)(C)C)cc1. The number of hydrogen-bond donors (Lipinski definition) is 3. The van der Waals surface area contributed by atoms with Crippen molar-refractivity contribution >= 4 is 29.5 Å². The smallest absolute Gasteiger partial charge is 0.408 e. The number of nitrogens with zero attached hydrogens (tertiary/aromatic N) is 1. The monoisotopic (exact) mass is 510 g/mol. The van der Waals surface area contributed by atoms with Gasteiger partial charge in [-0.05, 0) is 63.3 Å². The van der Waals surface area contributed by atoms with Crippen LogP contribution in [0.1, 0.15) is 62.4 Å². The summed E-state index contributed by atoms with van der Waals surface area (Å²) in [5.74, 6) is -1.88. The number of carbonyl (C=O) groups excluding carboxylic acids is 4. The van der Waals surface area contributed by atoms with Gasteiger partial charge in [-0.15, -0.1) is 0 Å². The number of ether oxygens (including phenoxy) is 1. The molecule has 9 nitrogen and oxygen atoms in total. The van der Waals surface area contributed by atoms with Gasteiger partial charge in [-0.25, -0.2) is 4.79 Å². The summed E-state index contributed by atoms with van der Waals surface area (Å²) in [5, 5.41) is 5.39. The molecule has 0 saturated heterocycles. The summed E-state index contributed by atoms with van der Waals surface area (Å²) in [7, 11) is 1.45. The van der Waals surface area contributed by atoms with Gasteiger partial charge in [0.25, 0.3) is 5.91 Å². The second-order valence-corrected chi connectivity index (χ2v) is 10.1. The zero-order valence-corrected chi connectivity index (χ0v) is 22.7. The molecule has 0 aromatic heterocycles. The molecule has 4 amide bonds. The molecule has 0 bridgehead atoms. The third kappa shape index (κ3) is 8.34. The predicted octanol–water partition coefficient (Wildman–Crippen LogP) is 3.77. The average Bonchev–Trinajstić information content (AvgIpc) is 2.79. The lowest BCUT2D eigenvalue weighted by Gasteiger charge is -2.31. The van der Waals surface area contributed by atoms with Gasteiger partial charge in [-0.3, -0.25) is 14.4 Å². The Balaban J connectivity index is 2.44. The number of nitrogens with two attached hydrogens (primary N) is 1. The van der Waals surface area contributed by atoms with Crippen molar-refractivity contribution in [2.75, 3.05) is 12.4 Å².